The van der Waals surface area contributed by atoms with E-state index >= 15 is 0 Å². The normalized spacial score (nSPS) is 35.7. The Bertz CT molecular complexity index is 274. The predicted molar refractivity (Wildman–Crippen MR) is 83.5 cm³/mol. The number of rotatable bonds is 5. The molecule has 0 amide bonds. The third-order valence-electron chi connectivity index (χ3n) is 5.69. The lowest BCUT2D eigenvalue weighted by molar-refractivity contribution is 0.0993. The van der Waals surface area contributed by atoms with E-state index in [2.05, 4.69) is 38.0 Å². The molecule has 19 heavy (non-hydrogen) atoms. The third-order valence-corrected chi connectivity index (χ3v) is 5.69. The summed E-state index contributed by atoms with van der Waals surface area (Å²) in [5, 5.41) is 3.59. The molecule has 0 spiro atoms. The van der Waals surface area contributed by atoms with Gasteiger partial charge in [0.05, 0.1) is 0 Å². The minimum absolute atomic E-state index is 0.440. The van der Waals surface area contributed by atoms with E-state index in [1.807, 2.05) is 0 Å². The lowest BCUT2D eigenvalue weighted by Crippen LogP contribution is -2.48. The number of likely N-dealkylation sites (tertiary alicyclic amines) is 1. The van der Waals surface area contributed by atoms with Crippen molar-refractivity contribution in [2.75, 3.05) is 20.1 Å². The Balaban J connectivity index is 1.94. The molecule has 2 aliphatic rings. The molecule has 1 heterocycles. The molecule has 2 heteroatoms. The summed E-state index contributed by atoms with van der Waals surface area (Å²) < 4.78 is 0. The van der Waals surface area contributed by atoms with E-state index in [0.29, 0.717) is 5.54 Å². The van der Waals surface area contributed by atoms with Crippen molar-refractivity contribution in [3.8, 4) is 0 Å². The van der Waals surface area contributed by atoms with Crippen molar-refractivity contribution in [1.29, 1.82) is 0 Å². The molecule has 1 aliphatic carbocycles. The fraction of sp³-hybridized carbons (Fsp3) is 1.00. The molecule has 2 rings (SSSR count). The highest BCUT2D eigenvalue weighted by molar-refractivity contribution is 4.92. The summed E-state index contributed by atoms with van der Waals surface area (Å²) >= 11 is 0. The molecular formula is C17H34N2. The quantitative estimate of drug-likeness (QED) is 0.817. The van der Waals surface area contributed by atoms with Gasteiger partial charge in [0.2, 0.25) is 0 Å². The average Bonchev–Trinajstić information content (AvgIpc) is 2.70. The molecule has 1 N–H and O–H groups in total. The first-order valence-electron chi connectivity index (χ1n) is 8.49. The highest BCUT2D eigenvalue weighted by atomic mass is 15.2. The molecule has 3 atom stereocenters. The Hall–Kier alpha value is -0.0800. The van der Waals surface area contributed by atoms with E-state index in [4.69, 9.17) is 0 Å². The number of hydrogen-bond donors (Lipinski definition) is 1. The van der Waals surface area contributed by atoms with Crippen molar-refractivity contribution >= 4 is 0 Å². The Morgan fingerprint density at radius 1 is 1.26 bits per heavy atom. The van der Waals surface area contributed by atoms with Crippen LogP contribution >= 0.6 is 0 Å². The van der Waals surface area contributed by atoms with Gasteiger partial charge in [0, 0.05) is 18.1 Å². The molecule has 0 aromatic rings. The average molecular weight is 266 g/mol. The number of nitrogens with one attached hydrogen (secondary N) is 1. The Morgan fingerprint density at radius 2 is 2.05 bits per heavy atom. The van der Waals surface area contributed by atoms with E-state index in [1.165, 1.54) is 58.0 Å². The molecule has 0 aromatic heterocycles. The zero-order chi connectivity index (χ0) is 13.9. The van der Waals surface area contributed by atoms with Crippen LogP contribution < -0.4 is 5.32 Å². The van der Waals surface area contributed by atoms with Crippen LogP contribution in [0.3, 0.4) is 0 Å². The standard InChI is InChI=1S/C17H34N2/c1-5-7-14-8-9-16(18-4)15(12-14)13-19-11-6-10-17(19,2)3/h14-16,18H,5-13H2,1-4H3. The Labute approximate surface area is 120 Å². The third kappa shape index (κ3) is 3.72. The summed E-state index contributed by atoms with van der Waals surface area (Å²) in [6.45, 7) is 9.83. The van der Waals surface area contributed by atoms with Crippen LogP contribution in [0.25, 0.3) is 0 Å². The van der Waals surface area contributed by atoms with E-state index in [1.54, 1.807) is 0 Å². The zero-order valence-electron chi connectivity index (χ0n) is 13.5. The minimum Gasteiger partial charge on any atom is -0.317 e. The van der Waals surface area contributed by atoms with Crippen LogP contribution in [0.4, 0.5) is 0 Å². The molecule has 1 saturated carbocycles. The molecule has 3 unspecified atom stereocenters. The van der Waals surface area contributed by atoms with Crippen molar-refractivity contribution in [2.24, 2.45) is 11.8 Å². The maximum atomic E-state index is 3.59. The van der Waals surface area contributed by atoms with Gasteiger partial charge in [-0.3, -0.25) is 4.90 Å². The lowest BCUT2D eigenvalue weighted by atomic mass is 9.76. The van der Waals surface area contributed by atoms with E-state index in [9.17, 15) is 0 Å². The zero-order valence-corrected chi connectivity index (χ0v) is 13.5. The summed E-state index contributed by atoms with van der Waals surface area (Å²) in [6.07, 6.45) is 9.85. The molecule has 0 bridgehead atoms. The van der Waals surface area contributed by atoms with Crippen molar-refractivity contribution < 1.29 is 0 Å². The van der Waals surface area contributed by atoms with E-state index < -0.39 is 0 Å². The highest BCUT2D eigenvalue weighted by Crippen LogP contribution is 2.36. The molecule has 2 fully saturated rings. The second-order valence-corrected chi connectivity index (χ2v) is 7.49. The van der Waals surface area contributed by atoms with Gasteiger partial charge in [0.25, 0.3) is 0 Å². The van der Waals surface area contributed by atoms with Gasteiger partial charge >= 0.3 is 0 Å². The van der Waals surface area contributed by atoms with Gasteiger partial charge in [-0.05, 0) is 71.4 Å². The van der Waals surface area contributed by atoms with Gasteiger partial charge in [0.1, 0.15) is 0 Å². The van der Waals surface area contributed by atoms with E-state index in [-0.39, 0.29) is 0 Å². The van der Waals surface area contributed by atoms with Gasteiger partial charge < -0.3 is 5.32 Å². The van der Waals surface area contributed by atoms with Crippen LogP contribution in [-0.4, -0.2) is 36.6 Å². The molecule has 1 aliphatic heterocycles. The van der Waals surface area contributed by atoms with Gasteiger partial charge in [0.15, 0.2) is 0 Å². The SMILES string of the molecule is CCCC1CCC(NC)C(CN2CCCC2(C)C)C1. The summed E-state index contributed by atoms with van der Waals surface area (Å²) in [4.78, 5) is 2.76. The largest absolute Gasteiger partial charge is 0.317 e. The second kappa shape index (κ2) is 6.58. The maximum absolute atomic E-state index is 3.59. The Morgan fingerprint density at radius 3 is 2.63 bits per heavy atom. The summed E-state index contributed by atoms with van der Waals surface area (Å²) in [5.41, 5.74) is 0.440. The fourth-order valence-electron chi connectivity index (χ4n) is 4.40. The molecular weight excluding hydrogens is 232 g/mol. The van der Waals surface area contributed by atoms with Crippen molar-refractivity contribution in [2.45, 2.75) is 77.3 Å². The summed E-state index contributed by atoms with van der Waals surface area (Å²) in [5.74, 6) is 1.86. The van der Waals surface area contributed by atoms with Crippen LogP contribution in [0.15, 0.2) is 0 Å². The van der Waals surface area contributed by atoms with Crippen LogP contribution in [-0.2, 0) is 0 Å². The number of nitrogens with zero attached hydrogens (tertiary/aromatic N) is 1. The number of hydrogen-bond acceptors (Lipinski definition) is 2. The van der Waals surface area contributed by atoms with Crippen molar-refractivity contribution in [3.05, 3.63) is 0 Å². The highest BCUT2D eigenvalue weighted by Gasteiger charge is 2.36. The van der Waals surface area contributed by atoms with Crippen molar-refractivity contribution in [1.82, 2.24) is 10.2 Å². The van der Waals surface area contributed by atoms with Crippen LogP contribution in [0.5, 0.6) is 0 Å². The van der Waals surface area contributed by atoms with Gasteiger partial charge in [-0.15, -0.1) is 0 Å². The maximum Gasteiger partial charge on any atom is 0.0153 e. The Kier molecular flexibility index (Phi) is 5.30. The molecule has 112 valence electrons. The summed E-state index contributed by atoms with van der Waals surface area (Å²) in [7, 11) is 2.16. The topological polar surface area (TPSA) is 15.3 Å². The second-order valence-electron chi connectivity index (χ2n) is 7.49. The smallest absolute Gasteiger partial charge is 0.0153 e. The van der Waals surface area contributed by atoms with E-state index in [0.717, 1.165) is 17.9 Å². The first-order valence-corrected chi connectivity index (χ1v) is 8.49. The predicted octanol–water partition coefficient (Wildman–Crippen LogP) is 3.67. The lowest BCUT2D eigenvalue weighted by Gasteiger charge is -2.41. The molecule has 1 saturated heterocycles. The van der Waals surface area contributed by atoms with Crippen LogP contribution in [0.1, 0.15) is 65.7 Å². The van der Waals surface area contributed by atoms with Gasteiger partial charge in [-0.2, -0.15) is 0 Å². The fourth-order valence-corrected chi connectivity index (χ4v) is 4.40. The minimum atomic E-state index is 0.440. The van der Waals surface area contributed by atoms with Gasteiger partial charge in [-0.25, -0.2) is 0 Å². The first kappa shape index (κ1) is 15.3. The van der Waals surface area contributed by atoms with Gasteiger partial charge in [-0.1, -0.05) is 19.8 Å². The van der Waals surface area contributed by atoms with Crippen LogP contribution in [0, 0.1) is 11.8 Å². The molecule has 0 radical (unpaired) electrons. The molecule has 0 aromatic carbocycles. The first-order chi connectivity index (χ1) is 9.06. The monoisotopic (exact) mass is 266 g/mol. The van der Waals surface area contributed by atoms with Crippen molar-refractivity contribution in [3.63, 3.8) is 0 Å². The van der Waals surface area contributed by atoms with Crippen LogP contribution in [0.2, 0.25) is 0 Å². The summed E-state index contributed by atoms with van der Waals surface area (Å²) in [6, 6.07) is 0.754. The molecule has 2 nitrogen and oxygen atoms in total.